The van der Waals surface area contributed by atoms with Gasteiger partial charge in [0.2, 0.25) is 0 Å². The zero-order chi connectivity index (χ0) is 12.5. The quantitative estimate of drug-likeness (QED) is 0.725. The molecule has 0 saturated carbocycles. The topological polar surface area (TPSA) is 47.9 Å². The third-order valence-electron chi connectivity index (χ3n) is 4.62. The number of hydrogen-bond acceptors (Lipinski definition) is 4. The summed E-state index contributed by atoms with van der Waals surface area (Å²) in [4.78, 5) is 0. The second-order valence-electron chi connectivity index (χ2n) is 6.35. The van der Waals surface area contributed by atoms with E-state index >= 15 is 0 Å². The van der Waals surface area contributed by atoms with E-state index in [1.165, 1.54) is 0 Å². The molecule has 0 aromatic rings. The second-order valence-corrected chi connectivity index (χ2v) is 9.80. The highest BCUT2D eigenvalue weighted by atomic mass is 28.4. The molecule has 0 radical (unpaired) electrons. The lowest BCUT2D eigenvalue weighted by Gasteiger charge is -2.41. The van der Waals surface area contributed by atoms with Gasteiger partial charge in [0.15, 0.2) is 0 Å². The molecule has 0 spiro atoms. The van der Waals surface area contributed by atoms with Gasteiger partial charge in [-0.25, -0.2) is 0 Å². The monoisotopic (exact) mass is 258 g/mol. The highest BCUT2D eigenvalue weighted by molar-refractivity contribution is 6.66. The van der Waals surface area contributed by atoms with Crippen molar-refractivity contribution in [3.63, 3.8) is 0 Å². The molecule has 5 heteroatoms. The Morgan fingerprint density at radius 2 is 1.65 bits per heavy atom. The van der Waals surface area contributed by atoms with E-state index in [9.17, 15) is 5.11 Å². The first-order valence-electron chi connectivity index (χ1n) is 6.54. The van der Waals surface area contributed by atoms with Gasteiger partial charge in [-0.15, -0.1) is 0 Å². The van der Waals surface area contributed by atoms with Crippen molar-refractivity contribution in [2.24, 2.45) is 0 Å². The first-order chi connectivity index (χ1) is 7.80. The van der Waals surface area contributed by atoms with E-state index in [-0.39, 0.29) is 29.5 Å². The third kappa shape index (κ3) is 1.56. The zero-order valence-corrected chi connectivity index (χ0v) is 12.0. The molecule has 3 aliphatic heterocycles. The summed E-state index contributed by atoms with van der Waals surface area (Å²) in [6, 6.07) is 0.967. The van der Waals surface area contributed by atoms with Gasteiger partial charge in [-0.05, 0) is 26.4 Å². The molecule has 0 aromatic heterocycles. The summed E-state index contributed by atoms with van der Waals surface area (Å²) in [6.45, 7) is 8.36. The molecular weight excluding hydrogens is 236 g/mol. The fourth-order valence-electron chi connectivity index (χ4n) is 3.72. The fraction of sp³-hybridized carbons (Fsp3) is 1.00. The summed E-state index contributed by atoms with van der Waals surface area (Å²) in [5.74, 6) is 0. The summed E-state index contributed by atoms with van der Waals surface area (Å²) in [5.41, 5.74) is -0.756. The average Bonchev–Trinajstić information content (AvgIpc) is 2.62. The Morgan fingerprint density at radius 1 is 1.18 bits per heavy atom. The van der Waals surface area contributed by atoms with Crippen LogP contribution in [0.1, 0.15) is 33.6 Å². The maximum absolute atomic E-state index is 9.98. The number of rotatable bonds is 1. The fourth-order valence-corrected chi connectivity index (χ4v) is 5.93. The molecule has 98 valence electrons. The van der Waals surface area contributed by atoms with Gasteiger partial charge in [0.25, 0.3) is 0 Å². The van der Waals surface area contributed by atoms with Crippen molar-refractivity contribution in [1.82, 2.24) is 0 Å². The standard InChI is InChI=1S/C12H22O4Si/c1-5-17(4)14-9-10(15-17)12(3)7-8(13)6-11(9,2)16-12/h8-10,13H,5-7H2,1-4H3/t8-,9+,10-,11-,12+,17-. The highest BCUT2D eigenvalue weighted by Gasteiger charge is 2.69. The van der Waals surface area contributed by atoms with E-state index in [0.717, 1.165) is 6.04 Å². The molecular formula is C12H22O4Si. The van der Waals surface area contributed by atoms with Gasteiger partial charge in [-0.1, -0.05) is 6.92 Å². The zero-order valence-electron chi connectivity index (χ0n) is 11.0. The molecule has 3 saturated heterocycles. The molecule has 1 N–H and O–H groups in total. The van der Waals surface area contributed by atoms with Gasteiger partial charge >= 0.3 is 8.56 Å². The van der Waals surface area contributed by atoms with Crippen LogP contribution in [0.15, 0.2) is 0 Å². The van der Waals surface area contributed by atoms with Gasteiger partial charge in [-0.2, -0.15) is 0 Å². The van der Waals surface area contributed by atoms with Crippen LogP contribution in [0.5, 0.6) is 0 Å². The number of hydrogen-bond donors (Lipinski definition) is 1. The normalized spacial score (nSPS) is 61.6. The van der Waals surface area contributed by atoms with Crippen LogP contribution in [-0.4, -0.2) is 43.2 Å². The average molecular weight is 258 g/mol. The van der Waals surface area contributed by atoms with E-state index in [4.69, 9.17) is 13.6 Å². The van der Waals surface area contributed by atoms with Crippen molar-refractivity contribution >= 4 is 8.56 Å². The second kappa shape index (κ2) is 3.33. The summed E-state index contributed by atoms with van der Waals surface area (Å²) >= 11 is 0. The van der Waals surface area contributed by atoms with Crippen molar-refractivity contribution in [3.05, 3.63) is 0 Å². The Kier molecular flexibility index (Phi) is 2.37. The Bertz CT molecular complexity index is 323. The van der Waals surface area contributed by atoms with Gasteiger partial charge in [0, 0.05) is 12.8 Å². The lowest BCUT2D eigenvalue weighted by molar-refractivity contribution is -0.182. The third-order valence-corrected chi connectivity index (χ3v) is 7.41. The number of aliphatic hydroxyl groups excluding tert-OH is 1. The number of ether oxygens (including phenoxy) is 1. The summed E-state index contributed by atoms with van der Waals surface area (Å²) < 4.78 is 18.6. The molecule has 6 atom stereocenters. The molecule has 3 rings (SSSR count). The van der Waals surface area contributed by atoms with Crippen molar-refractivity contribution < 1.29 is 18.7 Å². The molecule has 0 unspecified atom stereocenters. The largest absolute Gasteiger partial charge is 0.393 e. The minimum Gasteiger partial charge on any atom is -0.393 e. The molecule has 2 bridgehead atoms. The number of aliphatic hydroxyl groups is 1. The molecule has 4 nitrogen and oxygen atoms in total. The van der Waals surface area contributed by atoms with E-state index in [1.807, 2.05) is 0 Å². The Morgan fingerprint density at radius 3 is 2.06 bits per heavy atom. The molecule has 0 aliphatic carbocycles. The van der Waals surface area contributed by atoms with Crippen LogP contribution in [0.2, 0.25) is 12.6 Å². The summed E-state index contributed by atoms with van der Waals surface area (Å²) in [6.07, 6.45) is 1.01. The van der Waals surface area contributed by atoms with Gasteiger partial charge in [0.05, 0.1) is 17.3 Å². The molecule has 17 heavy (non-hydrogen) atoms. The minimum absolute atomic E-state index is 0.00117. The van der Waals surface area contributed by atoms with Crippen LogP contribution in [-0.2, 0) is 13.6 Å². The predicted octanol–water partition coefficient (Wildman–Crippen LogP) is 1.56. The van der Waals surface area contributed by atoms with Crippen LogP contribution in [0.25, 0.3) is 0 Å². The highest BCUT2D eigenvalue weighted by Crippen LogP contribution is 2.54. The Labute approximate surface area is 103 Å². The lowest BCUT2D eigenvalue weighted by Crippen LogP contribution is -2.50. The molecule has 3 fully saturated rings. The summed E-state index contributed by atoms with van der Waals surface area (Å²) in [7, 11) is -2.00. The maximum atomic E-state index is 9.98. The van der Waals surface area contributed by atoms with Crippen LogP contribution >= 0.6 is 0 Å². The van der Waals surface area contributed by atoms with Crippen LogP contribution < -0.4 is 0 Å². The SMILES string of the molecule is CC[Si@@]1(C)O[C@@H]2[C@H](O1)[C@@]1(C)C[C@@H](O)C[C@]2(C)O1. The van der Waals surface area contributed by atoms with E-state index in [1.54, 1.807) is 0 Å². The Hall–Kier alpha value is 0.0569. The van der Waals surface area contributed by atoms with Gasteiger partial charge < -0.3 is 18.7 Å². The van der Waals surface area contributed by atoms with E-state index < -0.39 is 8.56 Å². The first-order valence-corrected chi connectivity index (χ1v) is 9.06. The van der Waals surface area contributed by atoms with Crippen LogP contribution in [0, 0.1) is 0 Å². The van der Waals surface area contributed by atoms with Crippen molar-refractivity contribution in [3.8, 4) is 0 Å². The van der Waals surface area contributed by atoms with Gasteiger partial charge in [0.1, 0.15) is 12.2 Å². The van der Waals surface area contributed by atoms with Crippen LogP contribution in [0.4, 0.5) is 0 Å². The maximum Gasteiger partial charge on any atom is 0.335 e. The minimum atomic E-state index is -2.00. The Balaban J connectivity index is 1.96. The number of fused-ring (bicyclic) bond motifs is 5. The van der Waals surface area contributed by atoms with E-state index in [2.05, 4.69) is 27.3 Å². The first kappa shape index (κ1) is 12.1. The molecule has 0 amide bonds. The van der Waals surface area contributed by atoms with Gasteiger partial charge in [-0.3, -0.25) is 0 Å². The molecule has 3 heterocycles. The van der Waals surface area contributed by atoms with Crippen LogP contribution in [0.3, 0.4) is 0 Å². The van der Waals surface area contributed by atoms with Crippen molar-refractivity contribution in [2.45, 2.75) is 75.7 Å². The summed E-state index contributed by atoms with van der Waals surface area (Å²) in [5, 5.41) is 9.98. The van der Waals surface area contributed by atoms with Crippen molar-refractivity contribution in [2.75, 3.05) is 0 Å². The molecule has 3 aliphatic rings. The predicted molar refractivity (Wildman–Crippen MR) is 65.0 cm³/mol. The molecule has 0 aromatic carbocycles. The van der Waals surface area contributed by atoms with E-state index in [0.29, 0.717) is 12.8 Å². The van der Waals surface area contributed by atoms with Crippen molar-refractivity contribution in [1.29, 1.82) is 0 Å². The lowest BCUT2D eigenvalue weighted by atomic mass is 9.92. The smallest absolute Gasteiger partial charge is 0.335 e.